The number of amides is 2. The lowest BCUT2D eigenvalue weighted by atomic mass is 9.74. The highest BCUT2D eigenvalue weighted by Gasteiger charge is 2.48. The van der Waals surface area contributed by atoms with Crippen molar-refractivity contribution >= 4 is 27.5 Å². The Morgan fingerprint density at radius 1 is 1.05 bits per heavy atom. The molecule has 0 saturated carbocycles. The molecular formula is C29H38N4O5S. The molecule has 0 aliphatic carbocycles. The van der Waals surface area contributed by atoms with Crippen LogP contribution in [0.25, 0.3) is 0 Å². The van der Waals surface area contributed by atoms with E-state index < -0.39 is 16.1 Å². The van der Waals surface area contributed by atoms with Crippen molar-refractivity contribution in [1.82, 2.24) is 15.1 Å². The number of hydrogen-bond acceptors (Lipinski definition) is 6. The molecule has 2 amide bonds. The minimum Gasteiger partial charge on any atom is -0.374 e. The monoisotopic (exact) mass is 554 g/mol. The van der Waals surface area contributed by atoms with Crippen molar-refractivity contribution < 1.29 is 22.7 Å². The fourth-order valence-corrected chi connectivity index (χ4v) is 7.23. The molecule has 0 aromatic heterocycles. The molecule has 0 radical (unpaired) electrons. The van der Waals surface area contributed by atoms with Crippen molar-refractivity contribution in [3.8, 4) is 0 Å². The van der Waals surface area contributed by atoms with Crippen LogP contribution >= 0.6 is 0 Å². The van der Waals surface area contributed by atoms with E-state index in [1.165, 1.54) is 10.6 Å². The number of benzene rings is 2. The number of likely N-dealkylation sites (tertiary alicyclic amines) is 2. The molecule has 2 fully saturated rings. The first-order valence-corrected chi connectivity index (χ1v) is 15.5. The van der Waals surface area contributed by atoms with E-state index in [1.807, 2.05) is 66.5 Å². The number of carbonyl (C=O) groups is 2. The molecule has 3 aliphatic rings. The molecule has 9 nitrogen and oxygen atoms in total. The molecule has 3 aliphatic heterocycles. The maximum absolute atomic E-state index is 13.8. The van der Waals surface area contributed by atoms with Crippen molar-refractivity contribution in [2.24, 2.45) is 0 Å². The van der Waals surface area contributed by atoms with Gasteiger partial charge in [0, 0.05) is 25.0 Å². The first-order valence-electron chi connectivity index (χ1n) is 13.7. The van der Waals surface area contributed by atoms with Gasteiger partial charge in [0.1, 0.15) is 6.04 Å². The predicted molar refractivity (Wildman–Crippen MR) is 150 cm³/mol. The number of sulfonamides is 1. The maximum Gasteiger partial charge on any atom is 0.247 e. The van der Waals surface area contributed by atoms with Crippen LogP contribution < -0.4 is 9.62 Å². The molecule has 0 bridgehead atoms. The Kier molecular flexibility index (Phi) is 7.98. The highest BCUT2D eigenvalue weighted by Crippen LogP contribution is 2.47. The van der Waals surface area contributed by atoms with E-state index in [0.717, 1.165) is 36.2 Å². The third kappa shape index (κ3) is 5.83. The average Bonchev–Trinajstić information content (AvgIpc) is 3.50. The number of carbonyl (C=O) groups excluding carboxylic acids is 2. The van der Waals surface area contributed by atoms with Crippen molar-refractivity contribution in [2.45, 2.75) is 49.8 Å². The van der Waals surface area contributed by atoms with Gasteiger partial charge in [-0.1, -0.05) is 48.5 Å². The van der Waals surface area contributed by atoms with Crippen LogP contribution in [0.1, 0.15) is 36.8 Å². The summed E-state index contributed by atoms with van der Waals surface area (Å²) in [5.74, 6) is -0.295. The lowest BCUT2D eigenvalue weighted by Crippen LogP contribution is -2.57. The molecule has 2 saturated heterocycles. The highest BCUT2D eigenvalue weighted by molar-refractivity contribution is 7.92. The summed E-state index contributed by atoms with van der Waals surface area (Å²) in [4.78, 5) is 30.7. The zero-order chi connectivity index (χ0) is 27.6. The summed E-state index contributed by atoms with van der Waals surface area (Å²) < 4.78 is 32.5. The Bertz CT molecular complexity index is 1290. The van der Waals surface area contributed by atoms with E-state index in [4.69, 9.17) is 4.74 Å². The van der Waals surface area contributed by atoms with Crippen molar-refractivity contribution in [1.29, 1.82) is 0 Å². The molecule has 5 rings (SSSR count). The number of piperidine rings is 1. The van der Waals surface area contributed by atoms with Gasteiger partial charge in [-0.15, -0.1) is 0 Å². The fourth-order valence-electron chi connectivity index (χ4n) is 6.24. The van der Waals surface area contributed by atoms with E-state index in [0.29, 0.717) is 39.1 Å². The molecule has 1 spiro atoms. The fraction of sp³-hybridized carbons (Fsp3) is 0.517. The van der Waals surface area contributed by atoms with E-state index >= 15 is 0 Å². The lowest BCUT2D eigenvalue weighted by Gasteiger charge is -2.41. The van der Waals surface area contributed by atoms with Crippen molar-refractivity contribution in [3.63, 3.8) is 0 Å². The van der Waals surface area contributed by atoms with Gasteiger partial charge in [0.25, 0.3) is 0 Å². The number of rotatable bonds is 8. The predicted octanol–water partition coefficient (Wildman–Crippen LogP) is 2.12. The largest absolute Gasteiger partial charge is 0.374 e. The van der Waals surface area contributed by atoms with Crippen LogP contribution in [0.2, 0.25) is 0 Å². The van der Waals surface area contributed by atoms with E-state index in [9.17, 15) is 18.0 Å². The van der Waals surface area contributed by atoms with E-state index in [-0.39, 0.29) is 29.9 Å². The summed E-state index contributed by atoms with van der Waals surface area (Å²) in [6, 6.07) is 16.4. The summed E-state index contributed by atoms with van der Waals surface area (Å²) in [7, 11) is -1.48. The number of nitrogens with one attached hydrogen (secondary N) is 1. The molecule has 2 atom stereocenters. The Hall–Kier alpha value is -2.95. The Labute approximate surface area is 231 Å². The first kappa shape index (κ1) is 27.6. The van der Waals surface area contributed by atoms with Crippen LogP contribution in [0.4, 0.5) is 5.69 Å². The average molecular weight is 555 g/mol. The topological polar surface area (TPSA) is 99.3 Å². The maximum atomic E-state index is 13.8. The third-order valence-electron chi connectivity index (χ3n) is 8.46. The zero-order valence-electron chi connectivity index (χ0n) is 22.7. The smallest absolute Gasteiger partial charge is 0.247 e. The second-order valence-electron chi connectivity index (χ2n) is 11.1. The van der Waals surface area contributed by atoms with Crippen molar-refractivity contribution in [2.75, 3.05) is 50.4 Å². The van der Waals surface area contributed by atoms with Crippen LogP contribution in [0, 0.1) is 0 Å². The first-order chi connectivity index (χ1) is 18.7. The van der Waals surface area contributed by atoms with Crippen LogP contribution in [0.15, 0.2) is 54.6 Å². The summed E-state index contributed by atoms with van der Waals surface area (Å²) in [5.41, 5.74) is 2.44. The minimum absolute atomic E-state index is 0.0855. The second-order valence-corrected chi connectivity index (χ2v) is 13.0. The molecule has 2 aromatic rings. The minimum atomic E-state index is -3.41. The van der Waals surface area contributed by atoms with E-state index in [1.54, 1.807) is 4.90 Å². The molecule has 2 aromatic carbocycles. The summed E-state index contributed by atoms with van der Waals surface area (Å²) >= 11 is 0. The van der Waals surface area contributed by atoms with Gasteiger partial charge in [-0.05, 0) is 56.5 Å². The van der Waals surface area contributed by atoms with E-state index in [2.05, 4.69) is 5.32 Å². The van der Waals surface area contributed by atoms with Crippen molar-refractivity contribution in [3.05, 3.63) is 65.7 Å². The molecule has 210 valence electrons. The van der Waals surface area contributed by atoms with Crippen LogP contribution in [-0.4, -0.2) is 88.2 Å². The van der Waals surface area contributed by atoms with Crippen LogP contribution in [-0.2, 0) is 36.4 Å². The molecule has 39 heavy (non-hydrogen) atoms. The van der Waals surface area contributed by atoms with Crippen LogP contribution in [0.5, 0.6) is 0 Å². The molecular weight excluding hydrogens is 516 g/mol. The highest BCUT2D eigenvalue weighted by atomic mass is 32.2. The Morgan fingerprint density at radius 3 is 2.41 bits per heavy atom. The molecule has 3 heterocycles. The second kappa shape index (κ2) is 11.3. The number of hydrogen-bond donors (Lipinski definition) is 1. The summed E-state index contributed by atoms with van der Waals surface area (Å²) in [6.07, 6.45) is 4.28. The normalized spacial score (nSPS) is 21.6. The molecule has 1 N–H and O–H groups in total. The molecule has 10 heteroatoms. The third-order valence-corrected chi connectivity index (χ3v) is 9.58. The lowest BCUT2D eigenvalue weighted by molar-refractivity contribution is -0.140. The van der Waals surface area contributed by atoms with Gasteiger partial charge in [-0.2, -0.15) is 0 Å². The summed E-state index contributed by atoms with van der Waals surface area (Å²) in [6.45, 7) is 2.66. The Balaban J connectivity index is 1.28. The molecule has 0 unspecified atom stereocenters. The van der Waals surface area contributed by atoms with Gasteiger partial charge in [0.15, 0.2) is 0 Å². The summed E-state index contributed by atoms with van der Waals surface area (Å²) in [5, 5.41) is 2.99. The zero-order valence-corrected chi connectivity index (χ0v) is 23.5. The number of likely N-dealkylation sites (N-methyl/N-ethyl adjacent to an activating group) is 1. The van der Waals surface area contributed by atoms with Gasteiger partial charge >= 0.3 is 0 Å². The number of ether oxygens (including phenoxy) is 1. The number of fused-ring (bicyclic) bond motifs is 2. The number of anilines is 1. The quantitative estimate of drug-likeness (QED) is 0.537. The number of para-hydroxylation sites is 1. The Morgan fingerprint density at radius 2 is 1.74 bits per heavy atom. The van der Waals surface area contributed by atoms with Gasteiger partial charge in [-0.3, -0.25) is 18.8 Å². The van der Waals surface area contributed by atoms with Crippen LogP contribution in [0.3, 0.4) is 0 Å². The SMILES string of the molecule is CN1CCC[C@@H]1C(=O)N[C@H](COCc1ccccc1)C(=O)N1CCC2(CC1)CN(S(C)(=O)=O)c1ccccc12. The van der Waals surface area contributed by atoms with Gasteiger partial charge < -0.3 is 15.0 Å². The number of nitrogens with zero attached hydrogens (tertiary/aromatic N) is 3. The van der Waals surface area contributed by atoms with Gasteiger partial charge in [0.2, 0.25) is 21.8 Å². The van der Waals surface area contributed by atoms with Gasteiger partial charge in [0.05, 0.1) is 31.2 Å². The standard InChI is InChI=1S/C29H38N4O5S/c1-31-16-8-13-26(31)27(34)30-24(20-38-19-22-9-4-3-5-10-22)28(35)32-17-14-29(15-18-32)21-33(39(2,36)37)25-12-7-6-11-23(25)29/h3-7,9-12,24,26H,8,13-21H2,1-2H3,(H,30,34)/t24-,26-/m1/s1. The van der Waals surface area contributed by atoms with Gasteiger partial charge in [-0.25, -0.2) is 8.42 Å².